The summed E-state index contributed by atoms with van der Waals surface area (Å²) in [6.07, 6.45) is 3.23. The highest BCUT2D eigenvalue weighted by Gasteiger charge is 2.44. The van der Waals surface area contributed by atoms with Crippen LogP contribution in [0.4, 0.5) is 17.5 Å². The fourth-order valence-corrected chi connectivity index (χ4v) is 5.06. The molecule has 2 aliphatic heterocycles. The van der Waals surface area contributed by atoms with E-state index in [0.29, 0.717) is 37.9 Å². The predicted molar refractivity (Wildman–Crippen MR) is 136 cm³/mol. The molecule has 1 amide bonds. The zero-order valence-corrected chi connectivity index (χ0v) is 20.4. The van der Waals surface area contributed by atoms with Crippen molar-refractivity contribution in [2.45, 2.75) is 32.1 Å². The number of pyridine rings is 1. The smallest absolute Gasteiger partial charge is 0.233 e. The fraction of sp³-hybridized carbons (Fsp3) is 0.407. The summed E-state index contributed by atoms with van der Waals surface area (Å²) in [6.45, 7) is 7.95. The Labute approximate surface area is 206 Å². The minimum absolute atomic E-state index is 0.221. The number of rotatable bonds is 5. The van der Waals surface area contributed by atoms with Crippen LogP contribution in [0.2, 0.25) is 0 Å². The lowest BCUT2D eigenvalue weighted by Crippen LogP contribution is -2.56. The van der Waals surface area contributed by atoms with E-state index in [1.165, 1.54) is 0 Å². The number of piperazine rings is 1. The molecule has 2 aromatic heterocycles. The molecule has 1 N–H and O–H groups in total. The molecule has 0 aliphatic carbocycles. The van der Waals surface area contributed by atoms with Gasteiger partial charge in [0.05, 0.1) is 5.41 Å². The van der Waals surface area contributed by atoms with Crippen molar-refractivity contribution in [2.24, 2.45) is 0 Å². The van der Waals surface area contributed by atoms with E-state index in [2.05, 4.69) is 37.3 Å². The normalized spacial score (nSPS) is 17.8. The first kappa shape index (κ1) is 23.2. The Morgan fingerprint density at radius 3 is 2.40 bits per heavy atom. The van der Waals surface area contributed by atoms with Crippen LogP contribution in [-0.2, 0) is 14.9 Å². The third kappa shape index (κ3) is 4.98. The van der Waals surface area contributed by atoms with Gasteiger partial charge in [0.2, 0.25) is 5.91 Å². The van der Waals surface area contributed by atoms with Crippen molar-refractivity contribution >= 4 is 23.4 Å². The number of aryl methyl sites for hydroxylation is 2. The maximum Gasteiger partial charge on any atom is 0.233 e. The van der Waals surface area contributed by atoms with Gasteiger partial charge in [-0.1, -0.05) is 30.3 Å². The van der Waals surface area contributed by atoms with E-state index >= 15 is 0 Å². The first-order valence-electron chi connectivity index (χ1n) is 12.3. The lowest BCUT2D eigenvalue weighted by molar-refractivity contribution is -0.141. The average Bonchev–Trinajstić information content (AvgIpc) is 2.89. The Bertz CT molecular complexity index is 1170. The van der Waals surface area contributed by atoms with Crippen LogP contribution in [0.3, 0.4) is 0 Å². The van der Waals surface area contributed by atoms with Gasteiger partial charge in [-0.05, 0) is 49.9 Å². The van der Waals surface area contributed by atoms with Crippen molar-refractivity contribution in [3.63, 3.8) is 0 Å². The van der Waals surface area contributed by atoms with Crippen molar-refractivity contribution in [1.29, 1.82) is 0 Å². The van der Waals surface area contributed by atoms with Gasteiger partial charge >= 0.3 is 0 Å². The van der Waals surface area contributed by atoms with Crippen LogP contribution in [0.15, 0.2) is 54.7 Å². The molecule has 8 nitrogen and oxygen atoms in total. The summed E-state index contributed by atoms with van der Waals surface area (Å²) in [5, 5.41) is 3.29. The molecule has 35 heavy (non-hydrogen) atoms. The van der Waals surface area contributed by atoms with Gasteiger partial charge in [0.15, 0.2) is 0 Å². The second kappa shape index (κ2) is 10.00. The second-order valence-corrected chi connectivity index (χ2v) is 9.34. The predicted octanol–water partition coefficient (Wildman–Crippen LogP) is 3.63. The molecule has 182 valence electrons. The number of carbonyl (C=O) groups is 1. The third-order valence-electron chi connectivity index (χ3n) is 6.97. The average molecular weight is 473 g/mol. The van der Waals surface area contributed by atoms with Crippen molar-refractivity contribution in [1.82, 2.24) is 19.9 Å². The maximum absolute atomic E-state index is 13.9. The van der Waals surface area contributed by atoms with Crippen LogP contribution in [0.1, 0.15) is 29.8 Å². The van der Waals surface area contributed by atoms with E-state index in [1.807, 2.05) is 55.1 Å². The number of nitrogens with zero attached hydrogens (tertiary/aromatic N) is 5. The van der Waals surface area contributed by atoms with Crippen molar-refractivity contribution in [3.05, 3.63) is 71.7 Å². The molecule has 0 radical (unpaired) electrons. The lowest BCUT2D eigenvalue weighted by Gasteiger charge is -2.43. The van der Waals surface area contributed by atoms with Gasteiger partial charge in [-0.25, -0.2) is 15.0 Å². The highest BCUT2D eigenvalue weighted by atomic mass is 16.5. The number of aromatic nitrogens is 3. The SMILES string of the molecule is Cc1ccnc(Nc2cc(N3CCN(C(=O)C4(c5ccccc5)CCOCC4)CC3)nc(C)n2)c1. The largest absolute Gasteiger partial charge is 0.381 e. The molecule has 3 aromatic rings. The van der Waals surface area contributed by atoms with Crippen molar-refractivity contribution in [3.8, 4) is 0 Å². The zero-order valence-electron chi connectivity index (χ0n) is 20.4. The van der Waals surface area contributed by atoms with Gasteiger partial charge in [-0.15, -0.1) is 0 Å². The summed E-state index contributed by atoms with van der Waals surface area (Å²) >= 11 is 0. The summed E-state index contributed by atoms with van der Waals surface area (Å²) in [5.74, 6) is 3.25. The molecule has 4 heterocycles. The lowest BCUT2D eigenvalue weighted by atomic mass is 9.73. The van der Waals surface area contributed by atoms with Gasteiger partial charge in [0.25, 0.3) is 0 Å². The molecule has 0 bridgehead atoms. The van der Waals surface area contributed by atoms with E-state index in [0.717, 1.165) is 48.7 Å². The van der Waals surface area contributed by atoms with Crippen molar-refractivity contribution in [2.75, 3.05) is 49.6 Å². The zero-order chi connectivity index (χ0) is 24.3. The summed E-state index contributed by atoms with van der Waals surface area (Å²) in [4.78, 5) is 31.7. The first-order chi connectivity index (χ1) is 17.0. The molecule has 8 heteroatoms. The van der Waals surface area contributed by atoms with Crippen LogP contribution in [0.5, 0.6) is 0 Å². The molecular weight excluding hydrogens is 440 g/mol. The van der Waals surface area contributed by atoms with E-state index in [9.17, 15) is 4.79 Å². The van der Waals surface area contributed by atoms with Gasteiger partial charge in [-0.2, -0.15) is 0 Å². The second-order valence-electron chi connectivity index (χ2n) is 9.34. The van der Waals surface area contributed by atoms with Crippen LogP contribution in [0.25, 0.3) is 0 Å². The van der Waals surface area contributed by atoms with Crippen LogP contribution < -0.4 is 10.2 Å². The molecule has 0 atom stereocenters. The number of anilines is 3. The van der Waals surface area contributed by atoms with E-state index in [-0.39, 0.29) is 5.91 Å². The van der Waals surface area contributed by atoms with Gasteiger partial charge < -0.3 is 19.9 Å². The van der Waals surface area contributed by atoms with E-state index < -0.39 is 5.41 Å². The molecule has 0 unspecified atom stereocenters. The highest BCUT2D eigenvalue weighted by molar-refractivity contribution is 5.88. The summed E-state index contributed by atoms with van der Waals surface area (Å²) < 4.78 is 5.63. The molecule has 2 aliphatic rings. The minimum atomic E-state index is -0.495. The van der Waals surface area contributed by atoms with Gasteiger partial charge in [0.1, 0.15) is 23.3 Å². The van der Waals surface area contributed by atoms with Crippen LogP contribution >= 0.6 is 0 Å². The minimum Gasteiger partial charge on any atom is -0.381 e. The number of ether oxygens (including phenoxy) is 1. The Hall–Kier alpha value is -3.52. The summed E-state index contributed by atoms with van der Waals surface area (Å²) in [5.41, 5.74) is 1.74. The number of hydrogen-bond donors (Lipinski definition) is 1. The monoisotopic (exact) mass is 472 g/mol. The van der Waals surface area contributed by atoms with E-state index in [4.69, 9.17) is 4.74 Å². The number of carbonyl (C=O) groups excluding carboxylic acids is 1. The van der Waals surface area contributed by atoms with Crippen LogP contribution in [0, 0.1) is 13.8 Å². The quantitative estimate of drug-likeness (QED) is 0.607. The Morgan fingerprint density at radius 1 is 0.943 bits per heavy atom. The van der Waals surface area contributed by atoms with E-state index in [1.54, 1.807) is 6.20 Å². The Kier molecular flexibility index (Phi) is 6.63. The van der Waals surface area contributed by atoms with Crippen LogP contribution in [-0.4, -0.2) is 65.2 Å². The maximum atomic E-state index is 13.9. The molecule has 2 fully saturated rings. The van der Waals surface area contributed by atoms with Crippen molar-refractivity contribution < 1.29 is 9.53 Å². The topological polar surface area (TPSA) is 83.5 Å². The Balaban J connectivity index is 1.29. The van der Waals surface area contributed by atoms with Gasteiger partial charge in [0, 0.05) is 51.7 Å². The summed E-state index contributed by atoms with van der Waals surface area (Å²) in [7, 11) is 0. The summed E-state index contributed by atoms with van der Waals surface area (Å²) in [6, 6.07) is 16.1. The molecule has 5 rings (SSSR count). The fourth-order valence-electron chi connectivity index (χ4n) is 5.06. The number of hydrogen-bond acceptors (Lipinski definition) is 7. The standard InChI is InChI=1S/C27H32N6O2/c1-20-8-11-28-23(18-20)31-24-19-25(30-21(2)29-24)32-12-14-33(15-13-32)26(34)27(9-16-35-17-10-27)22-6-4-3-5-7-22/h3-8,11,18-19H,9-10,12-17H2,1-2H3,(H,28,29,30,31). The first-order valence-corrected chi connectivity index (χ1v) is 12.3. The molecule has 2 saturated heterocycles. The molecule has 0 saturated carbocycles. The molecule has 0 spiro atoms. The Morgan fingerprint density at radius 2 is 1.69 bits per heavy atom. The molecular formula is C27H32N6O2. The van der Waals surface area contributed by atoms with Gasteiger partial charge in [-0.3, -0.25) is 4.79 Å². The number of amides is 1. The number of benzene rings is 1. The third-order valence-corrected chi connectivity index (χ3v) is 6.97. The highest BCUT2D eigenvalue weighted by Crippen LogP contribution is 2.37. The molecule has 1 aromatic carbocycles. The number of nitrogens with one attached hydrogen (secondary N) is 1.